The Balaban J connectivity index is 1.70. The van der Waals surface area contributed by atoms with Crippen LogP contribution in [0, 0.1) is 11.8 Å². The number of benzene rings is 1. The first-order chi connectivity index (χ1) is 9.63. The summed E-state index contributed by atoms with van der Waals surface area (Å²) in [6.07, 6.45) is 2.68. The maximum atomic E-state index is 12.0. The summed E-state index contributed by atoms with van der Waals surface area (Å²) >= 11 is 5.87. The van der Waals surface area contributed by atoms with Gasteiger partial charge in [-0.25, -0.2) is 4.68 Å². The van der Waals surface area contributed by atoms with E-state index in [4.69, 9.17) is 11.6 Å². The Labute approximate surface area is 122 Å². The van der Waals surface area contributed by atoms with Gasteiger partial charge in [0, 0.05) is 17.0 Å². The van der Waals surface area contributed by atoms with Gasteiger partial charge in [-0.3, -0.25) is 4.79 Å². The summed E-state index contributed by atoms with van der Waals surface area (Å²) in [6.45, 7) is 2.70. The summed E-state index contributed by atoms with van der Waals surface area (Å²) in [5.74, 6) is 1.50. The molecule has 2 unspecified atom stereocenters. The summed E-state index contributed by atoms with van der Waals surface area (Å²) < 4.78 is 1.79. The minimum Gasteiger partial charge on any atom is -0.311 e. The third-order valence-corrected chi connectivity index (χ3v) is 3.91. The minimum atomic E-state index is 0.0929. The van der Waals surface area contributed by atoms with Crippen molar-refractivity contribution >= 4 is 23.3 Å². The summed E-state index contributed by atoms with van der Waals surface area (Å²) in [5.41, 5.74) is 1.09. The van der Waals surface area contributed by atoms with Crippen LogP contribution in [0.1, 0.15) is 18.9 Å². The van der Waals surface area contributed by atoms with E-state index >= 15 is 0 Å². The molecule has 0 spiro atoms. The first-order valence-corrected chi connectivity index (χ1v) is 7.08. The Bertz CT molecular complexity index is 620. The van der Waals surface area contributed by atoms with Gasteiger partial charge in [0.2, 0.25) is 5.91 Å². The zero-order chi connectivity index (χ0) is 14.1. The smallest absolute Gasteiger partial charge is 0.228 e. The van der Waals surface area contributed by atoms with E-state index < -0.39 is 0 Å². The van der Waals surface area contributed by atoms with Crippen LogP contribution in [-0.4, -0.2) is 15.7 Å². The van der Waals surface area contributed by atoms with Gasteiger partial charge in [-0.05, 0) is 30.0 Å². The van der Waals surface area contributed by atoms with E-state index in [1.54, 1.807) is 10.9 Å². The van der Waals surface area contributed by atoms with Gasteiger partial charge < -0.3 is 5.32 Å². The van der Waals surface area contributed by atoms with Crippen LogP contribution in [0.15, 0.2) is 36.5 Å². The van der Waals surface area contributed by atoms with Crippen molar-refractivity contribution in [3.05, 3.63) is 47.1 Å². The van der Waals surface area contributed by atoms with Crippen molar-refractivity contribution < 1.29 is 4.79 Å². The number of hydrogen-bond acceptors (Lipinski definition) is 2. The van der Waals surface area contributed by atoms with Gasteiger partial charge in [0.15, 0.2) is 0 Å². The van der Waals surface area contributed by atoms with Gasteiger partial charge in [-0.15, -0.1) is 0 Å². The van der Waals surface area contributed by atoms with Gasteiger partial charge in [0.25, 0.3) is 0 Å². The summed E-state index contributed by atoms with van der Waals surface area (Å²) in [4.78, 5) is 12.0. The Kier molecular flexibility index (Phi) is 3.49. The lowest BCUT2D eigenvalue weighted by atomic mass is 10.2. The fourth-order valence-corrected chi connectivity index (χ4v) is 2.36. The molecular weight excluding hydrogens is 274 g/mol. The second-order valence-corrected chi connectivity index (χ2v) is 5.75. The normalized spacial score (nSPS) is 20.7. The lowest BCUT2D eigenvalue weighted by Gasteiger charge is -2.09. The van der Waals surface area contributed by atoms with Gasteiger partial charge in [-0.1, -0.05) is 30.7 Å². The number of halogens is 1. The number of carbonyl (C=O) groups is 1. The Hall–Kier alpha value is -1.81. The largest absolute Gasteiger partial charge is 0.311 e. The highest BCUT2D eigenvalue weighted by atomic mass is 35.5. The predicted octanol–water partition coefficient (Wildman–Crippen LogP) is 3.18. The molecule has 5 heteroatoms. The molecule has 1 amide bonds. The number of amides is 1. The van der Waals surface area contributed by atoms with Gasteiger partial charge in [0.05, 0.1) is 12.7 Å². The van der Waals surface area contributed by atoms with Crippen molar-refractivity contribution in [2.45, 2.75) is 19.9 Å². The maximum Gasteiger partial charge on any atom is 0.228 e. The first-order valence-electron chi connectivity index (χ1n) is 6.70. The Morgan fingerprint density at radius 1 is 1.40 bits per heavy atom. The monoisotopic (exact) mass is 289 g/mol. The molecule has 20 heavy (non-hydrogen) atoms. The highest BCUT2D eigenvalue weighted by Crippen LogP contribution is 2.38. The fraction of sp³-hybridized carbons (Fsp3) is 0.333. The van der Waals surface area contributed by atoms with Crippen molar-refractivity contribution in [1.29, 1.82) is 0 Å². The lowest BCUT2D eigenvalue weighted by Crippen LogP contribution is -2.18. The van der Waals surface area contributed by atoms with Crippen molar-refractivity contribution in [2.24, 2.45) is 11.8 Å². The van der Waals surface area contributed by atoms with Crippen molar-refractivity contribution in [3.63, 3.8) is 0 Å². The molecular formula is C15H16ClN3O. The molecule has 1 fully saturated rings. The molecule has 0 aliphatic heterocycles. The van der Waals surface area contributed by atoms with Crippen LogP contribution in [0.4, 0.5) is 5.82 Å². The molecule has 0 radical (unpaired) electrons. The predicted molar refractivity (Wildman–Crippen MR) is 78.7 cm³/mol. The first kappa shape index (κ1) is 13.2. The van der Waals surface area contributed by atoms with Crippen molar-refractivity contribution in [1.82, 2.24) is 9.78 Å². The number of rotatable bonds is 4. The quantitative estimate of drug-likeness (QED) is 0.940. The minimum absolute atomic E-state index is 0.0929. The van der Waals surface area contributed by atoms with Crippen LogP contribution in [0.25, 0.3) is 0 Å². The van der Waals surface area contributed by atoms with Crippen molar-refractivity contribution in [2.75, 3.05) is 5.32 Å². The third-order valence-electron chi connectivity index (χ3n) is 3.66. The molecule has 2 aromatic rings. The maximum absolute atomic E-state index is 12.0. The molecule has 1 heterocycles. The second-order valence-electron chi connectivity index (χ2n) is 5.31. The van der Waals surface area contributed by atoms with E-state index in [0.717, 1.165) is 17.8 Å². The summed E-state index contributed by atoms with van der Waals surface area (Å²) in [6, 6.07) is 9.44. The zero-order valence-electron chi connectivity index (χ0n) is 11.2. The van der Waals surface area contributed by atoms with Crippen LogP contribution in [0.3, 0.4) is 0 Å². The highest BCUT2D eigenvalue weighted by molar-refractivity contribution is 6.30. The van der Waals surface area contributed by atoms with Crippen LogP contribution < -0.4 is 5.32 Å². The van der Waals surface area contributed by atoms with E-state index in [9.17, 15) is 4.79 Å². The number of anilines is 1. The molecule has 2 atom stereocenters. The van der Waals surface area contributed by atoms with E-state index in [2.05, 4.69) is 17.3 Å². The Morgan fingerprint density at radius 2 is 2.10 bits per heavy atom. The van der Waals surface area contributed by atoms with Gasteiger partial charge in [-0.2, -0.15) is 5.10 Å². The molecule has 1 aliphatic carbocycles. The number of nitrogens with one attached hydrogen (secondary N) is 1. The number of hydrogen-bond donors (Lipinski definition) is 1. The van der Waals surface area contributed by atoms with E-state index in [1.807, 2.05) is 30.3 Å². The topological polar surface area (TPSA) is 46.9 Å². The Morgan fingerprint density at radius 3 is 2.75 bits per heavy atom. The van der Waals surface area contributed by atoms with Gasteiger partial charge in [0.1, 0.15) is 5.82 Å². The highest BCUT2D eigenvalue weighted by Gasteiger charge is 2.39. The molecule has 1 N–H and O–H groups in total. The lowest BCUT2D eigenvalue weighted by molar-refractivity contribution is -0.117. The van der Waals surface area contributed by atoms with E-state index in [1.165, 1.54) is 0 Å². The average Bonchev–Trinajstić information content (AvgIpc) is 3.01. The van der Waals surface area contributed by atoms with Crippen LogP contribution in [0.5, 0.6) is 0 Å². The zero-order valence-corrected chi connectivity index (χ0v) is 12.0. The van der Waals surface area contributed by atoms with Crippen molar-refractivity contribution in [3.8, 4) is 0 Å². The molecule has 0 saturated heterocycles. The molecule has 104 valence electrons. The number of nitrogens with zero attached hydrogens (tertiary/aromatic N) is 2. The van der Waals surface area contributed by atoms with E-state index in [-0.39, 0.29) is 11.8 Å². The summed E-state index contributed by atoms with van der Waals surface area (Å²) in [5, 5.41) is 7.92. The SMILES string of the molecule is CC1CC1C(=O)Nc1ccnn1Cc1ccc(Cl)cc1. The molecule has 1 saturated carbocycles. The van der Waals surface area contributed by atoms with Crippen LogP contribution in [0.2, 0.25) is 5.02 Å². The molecule has 4 nitrogen and oxygen atoms in total. The molecule has 1 aromatic heterocycles. The molecule has 1 aliphatic rings. The number of aromatic nitrogens is 2. The molecule has 1 aromatic carbocycles. The average molecular weight is 290 g/mol. The van der Waals surface area contributed by atoms with Gasteiger partial charge >= 0.3 is 0 Å². The second kappa shape index (κ2) is 5.29. The number of carbonyl (C=O) groups excluding carboxylic acids is 1. The fourth-order valence-electron chi connectivity index (χ4n) is 2.23. The van der Waals surface area contributed by atoms with Crippen LogP contribution >= 0.6 is 11.6 Å². The third kappa shape index (κ3) is 2.85. The summed E-state index contributed by atoms with van der Waals surface area (Å²) in [7, 11) is 0. The molecule has 0 bridgehead atoms. The van der Waals surface area contributed by atoms with Crippen LogP contribution in [-0.2, 0) is 11.3 Å². The standard InChI is InChI=1S/C15H16ClN3O/c1-10-8-13(10)15(20)18-14-6-7-17-19(14)9-11-2-4-12(16)5-3-11/h2-7,10,13H,8-9H2,1H3,(H,18,20). The molecule has 3 rings (SSSR count). The van der Waals surface area contributed by atoms with E-state index in [0.29, 0.717) is 17.5 Å².